The van der Waals surface area contributed by atoms with Gasteiger partial charge in [-0.1, -0.05) is 30.3 Å². The third kappa shape index (κ3) is 4.37. The van der Waals surface area contributed by atoms with Crippen molar-refractivity contribution in [3.05, 3.63) is 77.5 Å². The van der Waals surface area contributed by atoms with Gasteiger partial charge in [-0.3, -0.25) is 9.59 Å². The summed E-state index contributed by atoms with van der Waals surface area (Å²) in [5.41, 5.74) is 3.14. The molecule has 0 spiro atoms. The number of nitrogens with one attached hydrogen (secondary N) is 1. The first-order chi connectivity index (χ1) is 15.5. The summed E-state index contributed by atoms with van der Waals surface area (Å²) in [6.45, 7) is 3.87. The normalized spacial score (nSPS) is 10.8. The fourth-order valence-corrected chi connectivity index (χ4v) is 3.65. The van der Waals surface area contributed by atoms with Crippen LogP contribution in [0.25, 0.3) is 16.7 Å². The molecular weight excluding hydrogens is 404 g/mol. The van der Waals surface area contributed by atoms with Gasteiger partial charge in [0.2, 0.25) is 5.91 Å². The second-order valence-electron chi connectivity index (χ2n) is 7.57. The molecule has 7 nitrogen and oxygen atoms in total. The molecule has 2 heterocycles. The van der Waals surface area contributed by atoms with Crippen LogP contribution in [0.1, 0.15) is 34.5 Å². The lowest BCUT2D eigenvalue weighted by atomic mass is 10.1. The molecule has 0 unspecified atom stereocenters. The molecule has 0 saturated heterocycles. The Morgan fingerprint density at radius 1 is 1.00 bits per heavy atom. The average Bonchev–Trinajstić information content (AvgIpc) is 3.17. The minimum absolute atomic E-state index is 0.0469. The Morgan fingerprint density at radius 2 is 1.75 bits per heavy atom. The number of aromatic nitrogens is 3. The lowest BCUT2D eigenvalue weighted by Gasteiger charge is -2.11. The third-order valence-corrected chi connectivity index (χ3v) is 5.21. The van der Waals surface area contributed by atoms with Gasteiger partial charge in [0, 0.05) is 24.3 Å². The number of Topliss-reactive ketones (excluding diaryl/α,β-unsaturated/α-hetero) is 1. The number of nitrogens with zero attached hydrogens (tertiary/aromatic N) is 3. The van der Waals surface area contributed by atoms with E-state index in [-0.39, 0.29) is 24.5 Å². The van der Waals surface area contributed by atoms with E-state index in [1.54, 1.807) is 35.0 Å². The Labute approximate surface area is 186 Å². The number of benzene rings is 2. The zero-order valence-corrected chi connectivity index (χ0v) is 18.3. The van der Waals surface area contributed by atoms with Gasteiger partial charge in [-0.15, -0.1) is 0 Å². The summed E-state index contributed by atoms with van der Waals surface area (Å²) >= 11 is 0. The van der Waals surface area contributed by atoms with E-state index >= 15 is 0 Å². The Hall–Kier alpha value is -4.00. The molecule has 0 saturated carbocycles. The number of fused-ring (bicyclic) bond motifs is 1. The Morgan fingerprint density at radius 3 is 2.56 bits per heavy atom. The molecular formula is C25H24N4O3. The SMILES string of the molecule is COc1ccccc1C(=O)CCC(=O)Nc1cc(C)nn1-c1cc(C)c2ccccc2n1. The molecule has 1 amide bonds. The van der Waals surface area contributed by atoms with Crippen molar-refractivity contribution in [3.63, 3.8) is 0 Å². The van der Waals surface area contributed by atoms with Crippen LogP contribution in [0.3, 0.4) is 0 Å². The summed E-state index contributed by atoms with van der Waals surface area (Å²) in [6.07, 6.45) is 0.123. The molecule has 0 aliphatic heterocycles. The first-order valence-corrected chi connectivity index (χ1v) is 10.4. The highest BCUT2D eigenvalue weighted by atomic mass is 16.5. The number of ether oxygens (including phenoxy) is 1. The number of hydrogen-bond donors (Lipinski definition) is 1. The molecule has 162 valence electrons. The maximum absolute atomic E-state index is 12.6. The van der Waals surface area contributed by atoms with Crippen molar-refractivity contribution in [2.24, 2.45) is 0 Å². The molecule has 0 aliphatic carbocycles. The van der Waals surface area contributed by atoms with E-state index in [0.29, 0.717) is 22.9 Å². The lowest BCUT2D eigenvalue weighted by Crippen LogP contribution is -2.17. The van der Waals surface area contributed by atoms with Crippen molar-refractivity contribution < 1.29 is 14.3 Å². The number of ketones is 1. The first kappa shape index (κ1) is 21.2. The van der Waals surface area contributed by atoms with Gasteiger partial charge in [0.15, 0.2) is 11.6 Å². The van der Waals surface area contributed by atoms with Crippen molar-refractivity contribution in [1.29, 1.82) is 0 Å². The van der Waals surface area contributed by atoms with Crippen LogP contribution in [0.4, 0.5) is 5.82 Å². The number of rotatable bonds is 7. The summed E-state index contributed by atoms with van der Waals surface area (Å²) < 4.78 is 6.86. The second-order valence-corrected chi connectivity index (χ2v) is 7.57. The van der Waals surface area contributed by atoms with Crippen LogP contribution in [0.2, 0.25) is 0 Å². The highest BCUT2D eigenvalue weighted by molar-refractivity contribution is 6.01. The molecule has 0 bridgehead atoms. The predicted molar refractivity (Wildman–Crippen MR) is 124 cm³/mol. The molecule has 32 heavy (non-hydrogen) atoms. The second kappa shape index (κ2) is 9.01. The van der Waals surface area contributed by atoms with E-state index < -0.39 is 0 Å². The Balaban J connectivity index is 1.51. The molecule has 0 radical (unpaired) electrons. The summed E-state index contributed by atoms with van der Waals surface area (Å²) in [6, 6.07) is 18.6. The number of pyridine rings is 1. The predicted octanol–water partition coefficient (Wildman–Crippen LogP) is 4.65. The average molecular weight is 428 g/mol. The summed E-state index contributed by atoms with van der Waals surface area (Å²) in [4.78, 5) is 29.9. The van der Waals surface area contributed by atoms with Gasteiger partial charge in [0.05, 0.1) is 23.9 Å². The fraction of sp³-hybridized carbons (Fsp3) is 0.200. The number of anilines is 1. The van der Waals surface area contributed by atoms with Crippen molar-refractivity contribution in [2.45, 2.75) is 26.7 Å². The van der Waals surface area contributed by atoms with Crippen LogP contribution < -0.4 is 10.1 Å². The topological polar surface area (TPSA) is 86.1 Å². The largest absolute Gasteiger partial charge is 0.496 e. The smallest absolute Gasteiger partial charge is 0.225 e. The van der Waals surface area contributed by atoms with Gasteiger partial charge in [0.1, 0.15) is 11.6 Å². The highest BCUT2D eigenvalue weighted by Gasteiger charge is 2.16. The van der Waals surface area contributed by atoms with Crippen LogP contribution in [-0.2, 0) is 4.79 Å². The number of carbonyl (C=O) groups is 2. The Kier molecular flexibility index (Phi) is 5.98. The minimum atomic E-state index is -0.271. The molecule has 7 heteroatoms. The summed E-state index contributed by atoms with van der Waals surface area (Å²) in [5, 5.41) is 8.44. The maximum atomic E-state index is 12.6. The molecule has 0 aliphatic rings. The van der Waals surface area contributed by atoms with Crippen LogP contribution in [0.5, 0.6) is 5.75 Å². The van der Waals surface area contributed by atoms with Gasteiger partial charge >= 0.3 is 0 Å². The summed E-state index contributed by atoms with van der Waals surface area (Å²) in [5.74, 6) is 1.22. The van der Waals surface area contributed by atoms with Gasteiger partial charge < -0.3 is 10.1 Å². The molecule has 2 aromatic carbocycles. The fourth-order valence-electron chi connectivity index (χ4n) is 3.65. The molecule has 4 aromatic rings. The summed E-state index contributed by atoms with van der Waals surface area (Å²) in [7, 11) is 1.52. The molecule has 0 atom stereocenters. The van der Waals surface area contributed by atoms with E-state index in [4.69, 9.17) is 9.72 Å². The zero-order chi connectivity index (χ0) is 22.7. The number of para-hydroxylation sites is 2. The monoisotopic (exact) mass is 428 g/mol. The van der Waals surface area contributed by atoms with E-state index in [9.17, 15) is 9.59 Å². The van der Waals surface area contributed by atoms with E-state index in [1.165, 1.54) is 7.11 Å². The van der Waals surface area contributed by atoms with Crippen molar-refractivity contribution in [2.75, 3.05) is 12.4 Å². The molecule has 4 rings (SSSR count). The number of methoxy groups -OCH3 is 1. The zero-order valence-electron chi connectivity index (χ0n) is 18.3. The van der Waals surface area contributed by atoms with Crippen LogP contribution in [-0.4, -0.2) is 33.6 Å². The van der Waals surface area contributed by atoms with Crippen LogP contribution in [0, 0.1) is 13.8 Å². The van der Waals surface area contributed by atoms with Crippen LogP contribution in [0.15, 0.2) is 60.7 Å². The van der Waals surface area contributed by atoms with Gasteiger partial charge in [-0.2, -0.15) is 9.78 Å². The number of carbonyl (C=O) groups excluding carboxylic acids is 2. The quantitative estimate of drug-likeness (QED) is 0.433. The van der Waals surface area contributed by atoms with Crippen LogP contribution >= 0.6 is 0 Å². The van der Waals surface area contributed by atoms with E-state index in [0.717, 1.165) is 22.2 Å². The first-order valence-electron chi connectivity index (χ1n) is 10.4. The third-order valence-electron chi connectivity index (χ3n) is 5.21. The number of amides is 1. The van der Waals surface area contributed by atoms with Crippen molar-refractivity contribution >= 4 is 28.4 Å². The van der Waals surface area contributed by atoms with Gasteiger partial charge in [-0.05, 0) is 43.7 Å². The van der Waals surface area contributed by atoms with E-state index in [2.05, 4.69) is 10.4 Å². The molecule has 1 N–H and O–H groups in total. The Bertz CT molecular complexity index is 1310. The van der Waals surface area contributed by atoms with Gasteiger partial charge in [-0.25, -0.2) is 4.98 Å². The lowest BCUT2D eigenvalue weighted by molar-refractivity contribution is -0.116. The standard InChI is InChI=1S/C25H24N4O3/c1-16-14-23(26-20-10-6-4-8-18(16)20)29-24(15-17(2)28-29)27-25(31)13-12-21(30)19-9-5-7-11-22(19)32-3/h4-11,14-15H,12-13H2,1-3H3,(H,27,31). The van der Waals surface area contributed by atoms with Gasteiger partial charge in [0.25, 0.3) is 0 Å². The minimum Gasteiger partial charge on any atom is -0.496 e. The molecule has 2 aromatic heterocycles. The number of hydrogen-bond acceptors (Lipinski definition) is 5. The highest BCUT2D eigenvalue weighted by Crippen LogP contribution is 2.23. The van der Waals surface area contributed by atoms with Crippen molar-refractivity contribution in [3.8, 4) is 11.6 Å². The molecule has 0 fully saturated rings. The maximum Gasteiger partial charge on any atom is 0.225 e. The van der Waals surface area contributed by atoms with Crippen molar-refractivity contribution in [1.82, 2.24) is 14.8 Å². The van der Waals surface area contributed by atoms with E-state index in [1.807, 2.05) is 44.2 Å². The number of aryl methyl sites for hydroxylation is 2.